The lowest BCUT2D eigenvalue weighted by atomic mass is 9.98. The molecule has 0 spiro atoms. The minimum absolute atomic E-state index is 0.181. The molecule has 2 atom stereocenters. The molecule has 0 heterocycles. The topological polar surface area (TPSA) is 52.6 Å². The first-order valence-electron chi connectivity index (χ1n) is 6.13. The molecule has 0 saturated heterocycles. The number of carboxylic acids is 1. The third kappa shape index (κ3) is 4.49. The number of aliphatic carboxylic acids is 1. The van der Waals surface area contributed by atoms with Crippen LogP contribution in [-0.2, 0) is 4.79 Å². The van der Waals surface area contributed by atoms with Crippen LogP contribution in [0.1, 0.15) is 41.0 Å². The van der Waals surface area contributed by atoms with Crippen molar-refractivity contribution in [2.24, 2.45) is 0 Å². The molecule has 0 bridgehead atoms. The third-order valence-electron chi connectivity index (χ3n) is 3.17. The van der Waals surface area contributed by atoms with Crippen LogP contribution in [0.3, 0.4) is 0 Å². The summed E-state index contributed by atoms with van der Waals surface area (Å²) >= 11 is 0. The number of nitrogens with zero attached hydrogens (tertiary/aromatic N) is 1. The number of nitrogens with one attached hydrogen (secondary N) is 1. The Bertz CT molecular complexity index is 217. The Morgan fingerprint density at radius 1 is 1.38 bits per heavy atom. The van der Waals surface area contributed by atoms with Crippen molar-refractivity contribution in [3.63, 3.8) is 0 Å². The van der Waals surface area contributed by atoms with Crippen molar-refractivity contribution >= 4 is 5.97 Å². The number of likely N-dealkylation sites (N-methyl/N-ethyl adjacent to an activating group) is 1. The van der Waals surface area contributed by atoms with Crippen molar-refractivity contribution in [1.29, 1.82) is 0 Å². The van der Waals surface area contributed by atoms with Gasteiger partial charge in [0.15, 0.2) is 0 Å². The van der Waals surface area contributed by atoms with E-state index in [0.29, 0.717) is 6.42 Å². The van der Waals surface area contributed by atoms with Crippen molar-refractivity contribution in [2.45, 2.75) is 52.6 Å². The first kappa shape index (κ1) is 15.4. The summed E-state index contributed by atoms with van der Waals surface area (Å²) in [6.45, 7) is 12.8. The van der Waals surface area contributed by atoms with E-state index < -0.39 is 11.5 Å². The van der Waals surface area contributed by atoms with Crippen molar-refractivity contribution in [3.8, 4) is 0 Å². The average molecular weight is 230 g/mol. The smallest absolute Gasteiger partial charge is 0.323 e. The maximum atomic E-state index is 11.1. The monoisotopic (exact) mass is 230 g/mol. The summed E-state index contributed by atoms with van der Waals surface area (Å²) in [5.41, 5.74) is -0.813. The zero-order valence-corrected chi connectivity index (χ0v) is 11.2. The highest BCUT2D eigenvalue weighted by Gasteiger charge is 2.32. The van der Waals surface area contributed by atoms with E-state index >= 15 is 0 Å². The Kier molecular flexibility index (Phi) is 6.60. The molecule has 0 aliphatic carbocycles. The quantitative estimate of drug-likeness (QED) is 0.664. The van der Waals surface area contributed by atoms with Crippen LogP contribution in [0.5, 0.6) is 0 Å². The Morgan fingerprint density at radius 3 is 2.19 bits per heavy atom. The van der Waals surface area contributed by atoms with Crippen LogP contribution >= 0.6 is 0 Å². The van der Waals surface area contributed by atoms with Crippen molar-refractivity contribution in [3.05, 3.63) is 0 Å². The second-order valence-corrected chi connectivity index (χ2v) is 4.52. The molecule has 0 aromatic heterocycles. The molecular weight excluding hydrogens is 204 g/mol. The first-order valence-corrected chi connectivity index (χ1v) is 6.13. The molecule has 0 aliphatic heterocycles. The molecule has 0 aromatic rings. The first-order chi connectivity index (χ1) is 7.39. The van der Waals surface area contributed by atoms with E-state index in [1.165, 1.54) is 0 Å². The predicted molar refractivity (Wildman–Crippen MR) is 66.7 cm³/mol. The predicted octanol–water partition coefficient (Wildman–Crippen LogP) is 1.56. The van der Waals surface area contributed by atoms with E-state index in [2.05, 4.69) is 24.1 Å². The largest absolute Gasteiger partial charge is 0.480 e. The molecule has 0 aliphatic rings. The molecule has 4 nitrogen and oxygen atoms in total. The van der Waals surface area contributed by atoms with E-state index in [-0.39, 0.29) is 6.04 Å². The Morgan fingerprint density at radius 2 is 1.88 bits per heavy atom. The van der Waals surface area contributed by atoms with Gasteiger partial charge in [-0.25, -0.2) is 0 Å². The van der Waals surface area contributed by atoms with Gasteiger partial charge in [-0.15, -0.1) is 0 Å². The lowest BCUT2D eigenvalue weighted by molar-refractivity contribution is -0.144. The van der Waals surface area contributed by atoms with Gasteiger partial charge in [-0.3, -0.25) is 10.1 Å². The molecule has 96 valence electrons. The van der Waals surface area contributed by atoms with Crippen LogP contribution in [0.4, 0.5) is 0 Å². The molecule has 0 rings (SSSR count). The summed E-state index contributed by atoms with van der Waals surface area (Å²) in [6, 6.07) is 0.181. The zero-order chi connectivity index (χ0) is 12.8. The van der Waals surface area contributed by atoms with Gasteiger partial charge >= 0.3 is 5.97 Å². The summed E-state index contributed by atoms with van der Waals surface area (Å²) < 4.78 is 0. The van der Waals surface area contributed by atoms with E-state index in [1.54, 1.807) is 6.92 Å². The molecule has 16 heavy (non-hydrogen) atoms. The van der Waals surface area contributed by atoms with E-state index in [0.717, 1.165) is 19.6 Å². The van der Waals surface area contributed by atoms with E-state index in [1.807, 2.05) is 13.8 Å². The van der Waals surface area contributed by atoms with Gasteiger partial charge < -0.3 is 10.0 Å². The average Bonchev–Trinajstić information content (AvgIpc) is 2.25. The Labute approximate surface area is 99.0 Å². The van der Waals surface area contributed by atoms with Gasteiger partial charge in [0.2, 0.25) is 0 Å². The summed E-state index contributed by atoms with van der Waals surface area (Å²) in [5, 5.41) is 12.4. The highest BCUT2D eigenvalue weighted by molar-refractivity contribution is 5.78. The maximum absolute atomic E-state index is 11.1. The number of hydrogen-bond acceptors (Lipinski definition) is 3. The highest BCUT2D eigenvalue weighted by Crippen LogP contribution is 2.10. The minimum atomic E-state index is -0.813. The van der Waals surface area contributed by atoms with Crippen LogP contribution in [0.15, 0.2) is 0 Å². The van der Waals surface area contributed by atoms with Crippen LogP contribution in [-0.4, -0.2) is 47.2 Å². The third-order valence-corrected chi connectivity index (χ3v) is 3.17. The van der Waals surface area contributed by atoms with E-state index in [4.69, 9.17) is 5.11 Å². The standard InChI is InChI=1S/C12H26N2O2/c1-6-12(5,11(15)16)13-10(4)9-14(7-2)8-3/h10,13H,6-9H2,1-5H3,(H,15,16). The van der Waals surface area contributed by atoms with Crippen LogP contribution in [0.2, 0.25) is 0 Å². The fourth-order valence-electron chi connectivity index (χ4n) is 1.77. The highest BCUT2D eigenvalue weighted by atomic mass is 16.4. The molecule has 2 N–H and O–H groups in total. The molecule has 0 fully saturated rings. The van der Waals surface area contributed by atoms with Crippen LogP contribution in [0, 0.1) is 0 Å². The summed E-state index contributed by atoms with van der Waals surface area (Å²) in [6.07, 6.45) is 0.588. The molecular formula is C12H26N2O2. The van der Waals surface area contributed by atoms with Crippen molar-refractivity contribution in [2.75, 3.05) is 19.6 Å². The fraction of sp³-hybridized carbons (Fsp3) is 0.917. The molecule has 2 unspecified atom stereocenters. The minimum Gasteiger partial charge on any atom is -0.480 e. The SMILES string of the molecule is CCN(CC)CC(C)NC(C)(CC)C(=O)O. The van der Waals surface area contributed by atoms with Crippen molar-refractivity contribution < 1.29 is 9.90 Å². The van der Waals surface area contributed by atoms with Gasteiger partial charge in [0, 0.05) is 12.6 Å². The number of carboxylic acid groups (broad SMARTS) is 1. The summed E-state index contributed by atoms with van der Waals surface area (Å²) in [7, 11) is 0. The number of carbonyl (C=O) groups is 1. The fourth-order valence-corrected chi connectivity index (χ4v) is 1.77. The number of hydrogen-bond donors (Lipinski definition) is 2. The Hall–Kier alpha value is -0.610. The number of rotatable bonds is 8. The second-order valence-electron chi connectivity index (χ2n) is 4.52. The maximum Gasteiger partial charge on any atom is 0.323 e. The molecule has 0 aromatic carbocycles. The molecule has 4 heteroatoms. The van der Waals surface area contributed by atoms with Gasteiger partial charge in [0.05, 0.1) is 0 Å². The normalized spacial score (nSPS) is 17.1. The van der Waals surface area contributed by atoms with Crippen LogP contribution in [0.25, 0.3) is 0 Å². The van der Waals surface area contributed by atoms with Gasteiger partial charge in [-0.2, -0.15) is 0 Å². The molecule has 0 radical (unpaired) electrons. The second kappa shape index (κ2) is 6.86. The molecule has 0 saturated carbocycles. The van der Waals surface area contributed by atoms with Gasteiger partial charge in [0.25, 0.3) is 0 Å². The summed E-state index contributed by atoms with van der Waals surface area (Å²) in [4.78, 5) is 13.4. The zero-order valence-electron chi connectivity index (χ0n) is 11.2. The van der Waals surface area contributed by atoms with Crippen LogP contribution < -0.4 is 5.32 Å². The lowest BCUT2D eigenvalue weighted by Gasteiger charge is -2.31. The van der Waals surface area contributed by atoms with E-state index in [9.17, 15) is 4.79 Å². The van der Waals surface area contributed by atoms with Gasteiger partial charge in [-0.05, 0) is 33.4 Å². The van der Waals surface area contributed by atoms with Gasteiger partial charge in [-0.1, -0.05) is 20.8 Å². The Balaban J connectivity index is 4.31. The lowest BCUT2D eigenvalue weighted by Crippen LogP contribution is -2.55. The summed E-state index contributed by atoms with van der Waals surface area (Å²) in [5.74, 6) is -0.776. The van der Waals surface area contributed by atoms with Crippen molar-refractivity contribution in [1.82, 2.24) is 10.2 Å². The molecule has 0 amide bonds. The van der Waals surface area contributed by atoms with Gasteiger partial charge in [0.1, 0.15) is 5.54 Å².